The van der Waals surface area contributed by atoms with Gasteiger partial charge in [0, 0.05) is 6.04 Å². The molecule has 1 fully saturated rings. The first kappa shape index (κ1) is 12.7. The standard InChI is InChI=1S/C15H21N3S/c1-15(2)7-3-4-10(8-15)18-11-5-6-12-14(13(11)16)17-9-19-12/h5-6,9-10,18H,3-4,7-8,16H2,1-2H3. The van der Waals surface area contributed by atoms with Crippen molar-refractivity contribution in [3.8, 4) is 0 Å². The van der Waals surface area contributed by atoms with Gasteiger partial charge in [-0.05, 0) is 36.8 Å². The first-order chi connectivity index (χ1) is 9.05. The van der Waals surface area contributed by atoms with E-state index in [1.165, 1.54) is 25.7 Å². The molecule has 0 aliphatic heterocycles. The third kappa shape index (κ3) is 2.54. The molecular formula is C15H21N3S. The van der Waals surface area contributed by atoms with Crippen molar-refractivity contribution in [2.45, 2.75) is 45.6 Å². The van der Waals surface area contributed by atoms with Crippen LogP contribution in [0.15, 0.2) is 17.6 Å². The third-order valence-corrected chi connectivity index (χ3v) is 4.90. The van der Waals surface area contributed by atoms with Gasteiger partial charge in [0.05, 0.1) is 21.6 Å². The lowest BCUT2D eigenvalue weighted by Crippen LogP contribution is -2.31. The highest BCUT2D eigenvalue weighted by molar-refractivity contribution is 7.16. The minimum atomic E-state index is 0.440. The van der Waals surface area contributed by atoms with Crippen LogP contribution in [0.3, 0.4) is 0 Å². The van der Waals surface area contributed by atoms with Gasteiger partial charge in [-0.1, -0.05) is 20.3 Å². The Balaban J connectivity index is 1.83. The van der Waals surface area contributed by atoms with E-state index < -0.39 is 0 Å². The zero-order valence-corrected chi connectivity index (χ0v) is 12.4. The maximum atomic E-state index is 6.23. The fourth-order valence-electron chi connectivity index (χ4n) is 3.12. The smallest absolute Gasteiger partial charge is 0.106 e. The molecule has 4 heteroatoms. The summed E-state index contributed by atoms with van der Waals surface area (Å²) in [6, 6.07) is 4.74. The van der Waals surface area contributed by atoms with Crippen molar-refractivity contribution in [1.82, 2.24) is 4.98 Å². The Morgan fingerprint density at radius 2 is 2.26 bits per heavy atom. The van der Waals surface area contributed by atoms with Gasteiger partial charge < -0.3 is 11.1 Å². The van der Waals surface area contributed by atoms with E-state index >= 15 is 0 Å². The number of fused-ring (bicyclic) bond motifs is 1. The third-order valence-electron chi connectivity index (χ3n) is 4.11. The van der Waals surface area contributed by atoms with Crippen molar-refractivity contribution >= 4 is 32.9 Å². The average molecular weight is 275 g/mol. The van der Waals surface area contributed by atoms with Crippen LogP contribution in [0.4, 0.5) is 11.4 Å². The van der Waals surface area contributed by atoms with Crippen molar-refractivity contribution in [3.63, 3.8) is 0 Å². The summed E-state index contributed by atoms with van der Waals surface area (Å²) in [6.45, 7) is 4.71. The number of aromatic nitrogens is 1. The van der Waals surface area contributed by atoms with E-state index in [4.69, 9.17) is 5.73 Å². The SMILES string of the molecule is CC1(C)CCCC(Nc2ccc3scnc3c2N)C1. The molecule has 1 saturated carbocycles. The minimum absolute atomic E-state index is 0.440. The first-order valence-electron chi connectivity index (χ1n) is 6.93. The summed E-state index contributed by atoms with van der Waals surface area (Å²) < 4.78 is 1.16. The molecule has 0 bridgehead atoms. The molecule has 1 unspecified atom stereocenters. The molecule has 0 amide bonds. The van der Waals surface area contributed by atoms with Gasteiger partial charge in [0.1, 0.15) is 5.52 Å². The molecule has 3 nitrogen and oxygen atoms in total. The van der Waals surface area contributed by atoms with Gasteiger partial charge in [0.2, 0.25) is 0 Å². The van der Waals surface area contributed by atoms with E-state index in [-0.39, 0.29) is 0 Å². The Morgan fingerprint density at radius 1 is 1.42 bits per heavy atom. The van der Waals surface area contributed by atoms with Gasteiger partial charge in [-0.2, -0.15) is 0 Å². The molecule has 2 aromatic rings. The lowest BCUT2D eigenvalue weighted by molar-refractivity contribution is 0.229. The number of nitrogens with one attached hydrogen (secondary N) is 1. The van der Waals surface area contributed by atoms with Crippen molar-refractivity contribution < 1.29 is 0 Å². The normalized spacial score (nSPS) is 22.5. The molecular weight excluding hydrogens is 254 g/mol. The monoisotopic (exact) mass is 275 g/mol. The summed E-state index contributed by atoms with van der Waals surface area (Å²) in [7, 11) is 0. The molecule has 1 aromatic heterocycles. The molecule has 1 aromatic carbocycles. The molecule has 3 rings (SSSR count). The predicted octanol–water partition coefficient (Wildman–Crippen LogP) is 4.26. The van der Waals surface area contributed by atoms with Crippen LogP contribution in [0.2, 0.25) is 0 Å². The van der Waals surface area contributed by atoms with Gasteiger partial charge in [0.15, 0.2) is 0 Å². The number of nitrogen functional groups attached to an aromatic ring is 1. The van der Waals surface area contributed by atoms with E-state index in [1.54, 1.807) is 11.3 Å². The van der Waals surface area contributed by atoms with Crippen molar-refractivity contribution in [3.05, 3.63) is 17.6 Å². The van der Waals surface area contributed by atoms with Crippen LogP contribution in [0.1, 0.15) is 39.5 Å². The van der Waals surface area contributed by atoms with Crippen LogP contribution in [0.5, 0.6) is 0 Å². The Labute approximate surface area is 118 Å². The molecule has 0 spiro atoms. The van der Waals surface area contributed by atoms with Gasteiger partial charge >= 0.3 is 0 Å². The van der Waals surface area contributed by atoms with Crippen LogP contribution < -0.4 is 11.1 Å². The second-order valence-corrected chi connectivity index (χ2v) is 7.21. The molecule has 19 heavy (non-hydrogen) atoms. The number of hydrogen-bond donors (Lipinski definition) is 2. The number of hydrogen-bond acceptors (Lipinski definition) is 4. The molecule has 0 radical (unpaired) electrons. The Hall–Kier alpha value is -1.29. The number of anilines is 2. The summed E-state index contributed by atoms with van der Waals surface area (Å²) >= 11 is 1.64. The zero-order chi connectivity index (χ0) is 13.5. The van der Waals surface area contributed by atoms with Crippen LogP contribution in [0, 0.1) is 5.41 Å². The molecule has 102 valence electrons. The van der Waals surface area contributed by atoms with E-state index in [0.717, 1.165) is 21.6 Å². The maximum Gasteiger partial charge on any atom is 0.106 e. The second-order valence-electron chi connectivity index (χ2n) is 6.33. The maximum absolute atomic E-state index is 6.23. The molecule has 1 aliphatic rings. The highest BCUT2D eigenvalue weighted by atomic mass is 32.1. The predicted molar refractivity (Wildman–Crippen MR) is 83.7 cm³/mol. The van der Waals surface area contributed by atoms with E-state index in [9.17, 15) is 0 Å². The molecule has 1 atom stereocenters. The summed E-state index contributed by atoms with van der Waals surface area (Å²) in [5.74, 6) is 0. The fraction of sp³-hybridized carbons (Fsp3) is 0.533. The fourth-order valence-corrected chi connectivity index (χ4v) is 3.81. The van der Waals surface area contributed by atoms with Crippen LogP contribution in [-0.4, -0.2) is 11.0 Å². The van der Waals surface area contributed by atoms with Crippen molar-refractivity contribution in [2.24, 2.45) is 5.41 Å². The lowest BCUT2D eigenvalue weighted by atomic mass is 9.75. The molecule has 0 saturated heterocycles. The quantitative estimate of drug-likeness (QED) is 0.805. The topological polar surface area (TPSA) is 50.9 Å². The molecule has 3 N–H and O–H groups in total. The first-order valence-corrected chi connectivity index (χ1v) is 7.81. The minimum Gasteiger partial charge on any atom is -0.395 e. The van der Waals surface area contributed by atoms with Gasteiger partial charge in [-0.25, -0.2) is 4.98 Å². The number of thiazole rings is 1. The van der Waals surface area contributed by atoms with Crippen molar-refractivity contribution in [1.29, 1.82) is 0 Å². The van der Waals surface area contributed by atoms with Gasteiger partial charge in [-0.3, -0.25) is 0 Å². The van der Waals surface area contributed by atoms with Crippen LogP contribution in [0.25, 0.3) is 10.2 Å². The van der Waals surface area contributed by atoms with Gasteiger partial charge in [0.25, 0.3) is 0 Å². The Morgan fingerprint density at radius 3 is 3.05 bits per heavy atom. The van der Waals surface area contributed by atoms with Crippen LogP contribution >= 0.6 is 11.3 Å². The Kier molecular flexibility index (Phi) is 3.13. The van der Waals surface area contributed by atoms with Crippen LogP contribution in [-0.2, 0) is 0 Å². The number of nitrogens with two attached hydrogens (primary N) is 1. The highest BCUT2D eigenvalue weighted by Gasteiger charge is 2.28. The summed E-state index contributed by atoms with van der Waals surface area (Å²) in [6.07, 6.45) is 5.06. The molecule has 1 heterocycles. The average Bonchev–Trinajstić information content (AvgIpc) is 2.80. The van der Waals surface area contributed by atoms with E-state index in [1.807, 2.05) is 5.51 Å². The van der Waals surface area contributed by atoms with E-state index in [2.05, 4.69) is 36.3 Å². The zero-order valence-electron chi connectivity index (χ0n) is 11.6. The lowest BCUT2D eigenvalue weighted by Gasteiger charge is -2.36. The second kappa shape index (κ2) is 4.67. The largest absolute Gasteiger partial charge is 0.395 e. The number of rotatable bonds is 2. The van der Waals surface area contributed by atoms with Crippen molar-refractivity contribution in [2.75, 3.05) is 11.1 Å². The Bertz CT molecular complexity index is 588. The molecule has 1 aliphatic carbocycles. The number of nitrogens with zero attached hydrogens (tertiary/aromatic N) is 1. The highest BCUT2D eigenvalue weighted by Crippen LogP contribution is 2.38. The van der Waals surface area contributed by atoms with E-state index in [0.29, 0.717) is 11.5 Å². The summed E-state index contributed by atoms with van der Waals surface area (Å²) in [4.78, 5) is 4.35. The summed E-state index contributed by atoms with van der Waals surface area (Å²) in [5, 5.41) is 3.63. The summed E-state index contributed by atoms with van der Waals surface area (Å²) in [5.41, 5.74) is 11.3. The van der Waals surface area contributed by atoms with Gasteiger partial charge in [-0.15, -0.1) is 11.3 Å². The number of benzene rings is 1.